The maximum atomic E-state index is 9.75. The first-order valence-electron chi connectivity index (χ1n) is 13.6. The van der Waals surface area contributed by atoms with Crippen LogP contribution in [0, 0.1) is 18.3 Å². The van der Waals surface area contributed by atoms with Gasteiger partial charge in [0.2, 0.25) is 0 Å². The minimum Gasteiger partial charge on any atom is -0.361 e. The average molecular weight is 505 g/mol. The van der Waals surface area contributed by atoms with Crippen molar-refractivity contribution >= 4 is 34.4 Å². The van der Waals surface area contributed by atoms with Crippen LogP contribution in [0.4, 0.5) is 11.4 Å². The number of H-pyrrole nitrogens is 1. The number of benzene rings is 2. The van der Waals surface area contributed by atoms with Crippen molar-refractivity contribution in [3.05, 3.63) is 88.9 Å². The molecule has 1 aliphatic heterocycles. The SMILES string of the molecule is Cc1c(Nc2c(C#N)cncc2/C=C/c2ccc(CNCCN3CCCCCC3)cc2)ccc2[nH]ccc12. The lowest BCUT2D eigenvalue weighted by Gasteiger charge is -2.19. The Hall–Kier alpha value is -3.92. The highest BCUT2D eigenvalue weighted by Crippen LogP contribution is 2.31. The molecule has 6 heteroatoms. The van der Waals surface area contributed by atoms with E-state index in [1.54, 1.807) is 12.4 Å². The van der Waals surface area contributed by atoms with E-state index < -0.39 is 0 Å². The third-order valence-electron chi connectivity index (χ3n) is 7.43. The number of anilines is 2. The fraction of sp³-hybridized carbons (Fsp3) is 0.312. The lowest BCUT2D eigenvalue weighted by Crippen LogP contribution is -2.32. The number of nitrogens with zero attached hydrogens (tertiary/aromatic N) is 3. The fourth-order valence-electron chi connectivity index (χ4n) is 5.14. The van der Waals surface area contributed by atoms with Crippen LogP contribution in [0.3, 0.4) is 0 Å². The Kier molecular flexibility index (Phi) is 8.49. The Morgan fingerprint density at radius 2 is 1.82 bits per heavy atom. The second-order valence-corrected chi connectivity index (χ2v) is 10.1. The third kappa shape index (κ3) is 6.31. The van der Waals surface area contributed by atoms with E-state index in [1.165, 1.54) is 44.3 Å². The van der Waals surface area contributed by atoms with Crippen molar-refractivity contribution in [2.24, 2.45) is 0 Å². The first-order chi connectivity index (χ1) is 18.7. The first kappa shape index (κ1) is 25.7. The van der Waals surface area contributed by atoms with Gasteiger partial charge >= 0.3 is 0 Å². The maximum absolute atomic E-state index is 9.75. The van der Waals surface area contributed by atoms with Crippen LogP contribution in [0.15, 0.2) is 61.1 Å². The molecule has 0 bridgehead atoms. The van der Waals surface area contributed by atoms with Crippen molar-refractivity contribution in [1.82, 2.24) is 20.2 Å². The van der Waals surface area contributed by atoms with Gasteiger partial charge in [0.05, 0.1) is 11.3 Å². The molecule has 2 aromatic heterocycles. The molecule has 3 heterocycles. The Bertz CT molecular complexity index is 1420. The van der Waals surface area contributed by atoms with Crippen LogP contribution in [0.5, 0.6) is 0 Å². The molecule has 0 saturated carbocycles. The van der Waals surface area contributed by atoms with Crippen molar-refractivity contribution in [3.63, 3.8) is 0 Å². The van der Waals surface area contributed by atoms with E-state index >= 15 is 0 Å². The number of aromatic amines is 1. The largest absolute Gasteiger partial charge is 0.361 e. The van der Waals surface area contributed by atoms with Crippen LogP contribution in [0.2, 0.25) is 0 Å². The molecule has 2 aromatic carbocycles. The quantitative estimate of drug-likeness (QED) is 0.223. The molecule has 0 spiro atoms. The van der Waals surface area contributed by atoms with Crippen LogP contribution in [0.1, 0.15) is 53.5 Å². The Balaban J connectivity index is 1.23. The van der Waals surface area contributed by atoms with Crippen molar-refractivity contribution in [3.8, 4) is 6.07 Å². The highest BCUT2D eigenvalue weighted by Gasteiger charge is 2.11. The molecule has 38 heavy (non-hydrogen) atoms. The summed E-state index contributed by atoms with van der Waals surface area (Å²) >= 11 is 0. The first-order valence-corrected chi connectivity index (χ1v) is 13.6. The zero-order valence-electron chi connectivity index (χ0n) is 22.1. The standard InChI is InChI=1S/C32H36N6/c1-24-29-14-15-36-31(29)13-12-30(24)37-32-27(22-35-23-28(32)20-33)11-10-25-6-8-26(9-7-25)21-34-16-19-38-17-4-2-3-5-18-38/h6-15,22-23,34,36H,2-5,16-19,21H2,1H3,(H,35,37)/b11-10+. The number of nitriles is 1. The summed E-state index contributed by atoms with van der Waals surface area (Å²) in [4.78, 5) is 10.1. The van der Waals surface area contributed by atoms with Crippen LogP contribution >= 0.6 is 0 Å². The number of likely N-dealkylation sites (tertiary alicyclic amines) is 1. The van der Waals surface area contributed by atoms with Crippen LogP contribution in [-0.2, 0) is 6.54 Å². The highest BCUT2D eigenvalue weighted by atomic mass is 15.1. The number of hydrogen-bond donors (Lipinski definition) is 3. The summed E-state index contributed by atoms with van der Waals surface area (Å²) in [6.45, 7) is 7.61. The van der Waals surface area contributed by atoms with Gasteiger partial charge in [-0.3, -0.25) is 4.98 Å². The molecule has 0 atom stereocenters. The second-order valence-electron chi connectivity index (χ2n) is 10.1. The summed E-state index contributed by atoms with van der Waals surface area (Å²) in [5, 5.41) is 18.0. The molecule has 0 unspecified atom stereocenters. The average Bonchev–Trinajstić information content (AvgIpc) is 3.29. The van der Waals surface area contributed by atoms with Gasteiger partial charge in [-0.25, -0.2) is 0 Å². The lowest BCUT2D eigenvalue weighted by atomic mass is 10.1. The number of nitrogens with one attached hydrogen (secondary N) is 3. The molecular formula is C32H36N6. The van der Waals surface area contributed by atoms with Gasteiger partial charge in [-0.2, -0.15) is 5.26 Å². The van der Waals surface area contributed by atoms with Crippen molar-refractivity contribution in [1.29, 1.82) is 5.26 Å². The predicted octanol–water partition coefficient (Wildman–Crippen LogP) is 6.62. The third-order valence-corrected chi connectivity index (χ3v) is 7.43. The van der Waals surface area contributed by atoms with E-state index in [0.717, 1.165) is 58.6 Å². The van der Waals surface area contributed by atoms with Gasteiger partial charge in [0.15, 0.2) is 0 Å². The highest BCUT2D eigenvalue weighted by molar-refractivity contribution is 5.90. The van der Waals surface area contributed by atoms with Crippen LogP contribution in [-0.4, -0.2) is 41.0 Å². The number of pyridine rings is 1. The lowest BCUT2D eigenvalue weighted by molar-refractivity contribution is 0.284. The molecule has 0 amide bonds. The Morgan fingerprint density at radius 1 is 1.00 bits per heavy atom. The summed E-state index contributed by atoms with van der Waals surface area (Å²) < 4.78 is 0. The topological polar surface area (TPSA) is 79.8 Å². The molecule has 1 fully saturated rings. The minimum atomic E-state index is 0.516. The summed E-state index contributed by atoms with van der Waals surface area (Å²) in [6, 6.07) is 17.1. The van der Waals surface area contributed by atoms with Gasteiger partial charge in [-0.15, -0.1) is 0 Å². The molecule has 1 aliphatic rings. The van der Waals surface area contributed by atoms with E-state index in [-0.39, 0.29) is 0 Å². The maximum Gasteiger partial charge on any atom is 0.103 e. The molecule has 194 valence electrons. The van der Waals surface area contributed by atoms with Crippen LogP contribution < -0.4 is 10.6 Å². The van der Waals surface area contributed by atoms with Gasteiger partial charge < -0.3 is 20.5 Å². The molecule has 4 aromatic rings. The molecule has 0 radical (unpaired) electrons. The Morgan fingerprint density at radius 3 is 2.61 bits per heavy atom. The van der Waals surface area contributed by atoms with Gasteiger partial charge in [0.25, 0.3) is 0 Å². The minimum absolute atomic E-state index is 0.516. The van der Waals surface area contributed by atoms with Crippen LogP contribution in [0.25, 0.3) is 23.1 Å². The fourth-order valence-corrected chi connectivity index (χ4v) is 5.14. The normalized spacial score (nSPS) is 14.5. The van der Waals surface area contributed by atoms with Crippen molar-refractivity contribution < 1.29 is 0 Å². The molecule has 5 rings (SSSR count). The summed E-state index contributed by atoms with van der Waals surface area (Å²) in [7, 11) is 0. The zero-order valence-corrected chi connectivity index (χ0v) is 22.1. The molecule has 3 N–H and O–H groups in total. The summed E-state index contributed by atoms with van der Waals surface area (Å²) in [6.07, 6.45) is 14.9. The molecule has 1 saturated heterocycles. The monoisotopic (exact) mass is 504 g/mol. The molecule has 0 aliphatic carbocycles. The van der Waals surface area contributed by atoms with E-state index in [4.69, 9.17) is 0 Å². The van der Waals surface area contributed by atoms with Crippen molar-refractivity contribution in [2.45, 2.75) is 39.2 Å². The number of hydrogen-bond acceptors (Lipinski definition) is 5. The Labute approximate surface area is 225 Å². The summed E-state index contributed by atoms with van der Waals surface area (Å²) in [5.74, 6) is 0. The van der Waals surface area contributed by atoms with Gasteiger partial charge in [-0.05, 0) is 67.7 Å². The van der Waals surface area contributed by atoms with E-state index in [9.17, 15) is 5.26 Å². The smallest absolute Gasteiger partial charge is 0.103 e. The second kappa shape index (κ2) is 12.6. The van der Waals surface area contributed by atoms with E-state index in [2.05, 4.69) is 81.0 Å². The van der Waals surface area contributed by atoms with E-state index in [0.29, 0.717) is 5.56 Å². The van der Waals surface area contributed by atoms with Gasteiger partial charge in [0.1, 0.15) is 6.07 Å². The van der Waals surface area contributed by atoms with E-state index in [1.807, 2.05) is 18.3 Å². The molecule has 6 nitrogen and oxygen atoms in total. The summed E-state index contributed by atoms with van der Waals surface area (Å²) in [5.41, 5.74) is 7.75. The number of rotatable bonds is 9. The van der Waals surface area contributed by atoms with Gasteiger partial charge in [-0.1, -0.05) is 49.3 Å². The van der Waals surface area contributed by atoms with Gasteiger partial charge in [0, 0.05) is 60.4 Å². The van der Waals surface area contributed by atoms with Crippen molar-refractivity contribution in [2.75, 3.05) is 31.5 Å². The number of fused-ring (bicyclic) bond motifs is 1. The predicted molar refractivity (Wildman–Crippen MR) is 157 cm³/mol. The zero-order chi connectivity index (χ0) is 26.2. The molecular weight excluding hydrogens is 468 g/mol. The number of aryl methyl sites for hydroxylation is 1. The number of aromatic nitrogens is 2.